The minimum absolute atomic E-state index is 0.141. The van der Waals surface area contributed by atoms with E-state index < -0.39 is 11.2 Å². The summed E-state index contributed by atoms with van der Waals surface area (Å²) in [5.41, 5.74) is 0.545. The number of rotatable bonds is 5. The van der Waals surface area contributed by atoms with Gasteiger partial charge in [-0.2, -0.15) is 0 Å². The lowest BCUT2D eigenvalue weighted by Gasteiger charge is -2.34. The number of nitrogens with one attached hydrogen (secondary N) is 1. The first-order valence-corrected chi connectivity index (χ1v) is 10.2. The molecular weight excluding hydrogens is 358 g/mol. The third-order valence-electron chi connectivity index (χ3n) is 5.75. The van der Waals surface area contributed by atoms with E-state index in [9.17, 15) is 14.4 Å². The number of pyridine rings is 1. The van der Waals surface area contributed by atoms with E-state index in [4.69, 9.17) is 0 Å². The Balaban J connectivity index is 1.85. The second kappa shape index (κ2) is 7.50. The molecule has 2 fully saturated rings. The van der Waals surface area contributed by atoms with Gasteiger partial charge in [0.2, 0.25) is 0 Å². The summed E-state index contributed by atoms with van der Waals surface area (Å²) in [5.74, 6) is 0.176. The molecule has 2 aromatic rings. The predicted molar refractivity (Wildman–Crippen MR) is 107 cm³/mol. The molecule has 0 bridgehead atoms. The summed E-state index contributed by atoms with van der Waals surface area (Å²) in [6.45, 7) is 8.44. The molecular formula is C20H27N5O3. The highest BCUT2D eigenvalue weighted by molar-refractivity contribution is 6.05. The summed E-state index contributed by atoms with van der Waals surface area (Å²) in [5, 5.41) is 0.236. The minimum atomic E-state index is -0.530. The van der Waals surface area contributed by atoms with Gasteiger partial charge in [0, 0.05) is 44.3 Å². The highest BCUT2D eigenvalue weighted by Crippen LogP contribution is 2.40. The lowest BCUT2D eigenvalue weighted by atomic mass is 10.1. The number of H-pyrrole nitrogens is 1. The Morgan fingerprint density at radius 1 is 1.18 bits per heavy atom. The zero-order valence-corrected chi connectivity index (χ0v) is 16.5. The van der Waals surface area contributed by atoms with E-state index >= 15 is 0 Å². The molecule has 1 aliphatic heterocycles. The molecule has 8 nitrogen and oxygen atoms in total. The summed E-state index contributed by atoms with van der Waals surface area (Å²) in [7, 11) is 0. The van der Waals surface area contributed by atoms with Crippen LogP contribution >= 0.6 is 0 Å². The van der Waals surface area contributed by atoms with E-state index in [1.165, 1.54) is 4.57 Å². The van der Waals surface area contributed by atoms with Crippen molar-refractivity contribution in [3.63, 3.8) is 0 Å². The van der Waals surface area contributed by atoms with Crippen LogP contribution in [0.15, 0.2) is 15.7 Å². The fraction of sp³-hybridized carbons (Fsp3) is 0.600. The van der Waals surface area contributed by atoms with E-state index in [0.717, 1.165) is 44.6 Å². The standard InChI is InChI=1S/C20H27N5O3/c1-3-7-25-17-16(18(26)22-20(25)28)14(12-15(21-17)13-5-6-13)19(27)24-10-8-23(4-2)9-11-24/h12-13H,3-11H2,1-2H3,(H,22,26,28). The van der Waals surface area contributed by atoms with Crippen LogP contribution in [0.2, 0.25) is 0 Å². The van der Waals surface area contributed by atoms with Crippen molar-refractivity contribution in [1.82, 2.24) is 24.3 Å². The van der Waals surface area contributed by atoms with Crippen molar-refractivity contribution in [1.29, 1.82) is 0 Å². The molecule has 0 atom stereocenters. The lowest BCUT2D eigenvalue weighted by Crippen LogP contribution is -2.48. The van der Waals surface area contributed by atoms with Crippen molar-refractivity contribution >= 4 is 16.9 Å². The Hall–Kier alpha value is -2.48. The topological polar surface area (TPSA) is 91.3 Å². The molecule has 1 N–H and O–H groups in total. The van der Waals surface area contributed by atoms with Gasteiger partial charge >= 0.3 is 5.69 Å². The summed E-state index contributed by atoms with van der Waals surface area (Å²) in [6.07, 6.45) is 2.80. The zero-order chi connectivity index (χ0) is 19.8. The first-order chi connectivity index (χ1) is 13.5. The second-order valence-electron chi connectivity index (χ2n) is 7.70. The smallest absolute Gasteiger partial charge is 0.329 e. The van der Waals surface area contributed by atoms with Crippen LogP contribution in [0.4, 0.5) is 0 Å². The third kappa shape index (κ3) is 3.37. The number of amides is 1. The Kier molecular flexibility index (Phi) is 5.05. The van der Waals surface area contributed by atoms with Crippen molar-refractivity contribution in [2.75, 3.05) is 32.7 Å². The number of nitrogens with zero attached hydrogens (tertiary/aromatic N) is 4. The van der Waals surface area contributed by atoms with E-state index in [0.29, 0.717) is 36.8 Å². The van der Waals surface area contributed by atoms with Crippen LogP contribution in [-0.2, 0) is 6.54 Å². The SMILES string of the molecule is CCCn1c(=O)[nH]c(=O)c2c(C(=O)N3CCN(CC)CC3)cc(C3CC3)nc21. The van der Waals surface area contributed by atoms with Crippen LogP contribution in [-0.4, -0.2) is 63.0 Å². The molecule has 28 heavy (non-hydrogen) atoms. The van der Waals surface area contributed by atoms with E-state index in [2.05, 4.69) is 21.8 Å². The molecule has 1 amide bonds. The van der Waals surface area contributed by atoms with Crippen molar-refractivity contribution in [2.45, 2.75) is 45.6 Å². The fourth-order valence-electron chi connectivity index (χ4n) is 3.92. The molecule has 8 heteroatoms. The maximum absolute atomic E-state index is 13.3. The predicted octanol–water partition coefficient (Wildman–Crippen LogP) is 1.15. The maximum atomic E-state index is 13.3. The van der Waals surface area contributed by atoms with Crippen LogP contribution in [0.25, 0.3) is 11.0 Å². The van der Waals surface area contributed by atoms with Crippen molar-refractivity contribution in [3.05, 3.63) is 38.2 Å². The average molecular weight is 385 g/mol. The molecule has 150 valence electrons. The Labute approximate surface area is 163 Å². The zero-order valence-electron chi connectivity index (χ0n) is 16.5. The van der Waals surface area contributed by atoms with Crippen molar-refractivity contribution < 1.29 is 4.79 Å². The Bertz CT molecular complexity index is 1010. The minimum Gasteiger partial charge on any atom is -0.336 e. The van der Waals surface area contributed by atoms with Crippen LogP contribution in [0.1, 0.15) is 55.1 Å². The monoisotopic (exact) mass is 385 g/mol. The number of carbonyl (C=O) groups is 1. The molecule has 1 aliphatic carbocycles. The third-order valence-corrected chi connectivity index (χ3v) is 5.75. The quantitative estimate of drug-likeness (QED) is 0.834. The van der Waals surface area contributed by atoms with Crippen LogP contribution in [0.3, 0.4) is 0 Å². The summed E-state index contributed by atoms with van der Waals surface area (Å²) < 4.78 is 1.49. The lowest BCUT2D eigenvalue weighted by molar-refractivity contribution is 0.0645. The number of aryl methyl sites for hydroxylation is 1. The van der Waals surface area contributed by atoms with Crippen LogP contribution in [0.5, 0.6) is 0 Å². The largest absolute Gasteiger partial charge is 0.336 e. The van der Waals surface area contributed by atoms with Gasteiger partial charge in [0.25, 0.3) is 11.5 Å². The molecule has 0 spiro atoms. The second-order valence-corrected chi connectivity index (χ2v) is 7.70. The first kappa shape index (κ1) is 18.9. The molecule has 2 aliphatic rings. The van der Waals surface area contributed by atoms with E-state index in [-0.39, 0.29) is 11.3 Å². The van der Waals surface area contributed by atoms with Crippen LogP contribution in [0, 0.1) is 0 Å². The molecule has 1 saturated heterocycles. The van der Waals surface area contributed by atoms with Gasteiger partial charge in [-0.25, -0.2) is 9.78 Å². The number of fused-ring (bicyclic) bond motifs is 1. The highest BCUT2D eigenvalue weighted by atomic mass is 16.2. The highest BCUT2D eigenvalue weighted by Gasteiger charge is 2.30. The van der Waals surface area contributed by atoms with Gasteiger partial charge in [-0.1, -0.05) is 13.8 Å². The maximum Gasteiger partial charge on any atom is 0.329 e. The molecule has 2 aromatic heterocycles. The molecule has 1 saturated carbocycles. The Morgan fingerprint density at radius 3 is 2.50 bits per heavy atom. The van der Waals surface area contributed by atoms with E-state index in [1.807, 2.05) is 11.8 Å². The molecule has 0 aromatic carbocycles. The summed E-state index contributed by atoms with van der Waals surface area (Å²) in [6, 6.07) is 1.78. The van der Waals surface area contributed by atoms with Gasteiger partial charge in [0.05, 0.1) is 10.9 Å². The molecule has 3 heterocycles. The number of likely N-dealkylation sites (N-methyl/N-ethyl adjacent to an activating group) is 1. The van der Waals surface area contributed by atoms with Crippen molar-refractivity contribution in [3.8, 4) is 0 Å². The number of carbonyl (C=O) groups excluding carboxylic acids is 1. The van der Waals surface area contributed by atoms with Gasteiger partial charge in [-0.05, 0) is 31.9 Å². The normalized spacial score (nSPS) is 18.0. The van der Waals surface area contributed by atoms with Gasteiger partial charge in [-0.15, -0.1) is 0 Å². The number of aromatic nitrogens is 3. The van der Waals surface area contributed by atoms with Gasteiger partial charge in [0.1, 0.15) is 0 Å². The van der Waals surface area contributed by atoms with E-state index in [1.54, 1.807) is 6.07 Å². The number of aromatic amines is 1. The first-order valence-electron chi connectivity index (χ1n) is 10.2. The molecule has 0 radical (unpaired) electrons. The van der Waals surface area contributed by atoms with Gasteiger partial charge < -0.3 is 9.80 Å². The van der Waals surface area contributed by atoms with Gasteiger partial charge in [-0.3, -0.25) is 19.1 Å². The van der Waals surface area contributed by atoms with Crippen LogP contribution < -0.4 is 11.2 Å². The van der Waals surface area contributed by atoms with Gasteiger partial charge in [0.15, 0.2) is 5.65 Å². The average Bonchev–Trinajstić information content (AvgIpc) is 3.55. The number of piperazine rings is 1. The molecule has 0 unspecified atom stereocenters. The molecule has 4 rings (SSSR count). The van der Waals surface area contributed by atoms with Crippen molar-refractivity contribution in [2.24, 2.45) is 0 Å². The number of hydrogen-bond donors (Lipinski definition) is 1. The number of hydrogen-bond acceptors (Lipinski definition) is 5. The Morgan fingerprint density at radius 2 is 1.89 bits per heavy atom. The summed E-state index contributed by atoms with van der Waals surface area (Å²) in [4.78, 5) is 49.5. The fourth-order valence-corrected chi connectivity index (χ4v) is 3.92. The summed E-state index contributed by atoms with van der Waals surface area (Å²) >= 11 is 0.